The van der Waals surface area contributed by atoms with Crippen molar-refractivity contribution in [3.05, 3.63) is 63.7 Å². The van der Waals surface area contributed by atoms with Crippen molar-refractivity contribution in [2.75, 3.05) is 24.6 Å². The smallest absolute Gasteiger partial charge is 0.271 e. The number of amides is 2. The van der Waals surface area contributed by atoms with E-state index in [2.05, 4.69) is 17.4 Å². The highest BCUT2D eigenvalue weighted by Crippen LogP contribution is 2.35. The second-order valence-electron chi connectivity index (χ2n) is 7.27. The Bertz CT molecular complexity index is 975. The van der Waals surface area contributed by atoms with Crippen LogP contribution in [0.5, 0.6) is 5.75 Å². The van der Waals surface area contributed by atoms with Gasteiger partial charge in [0.2, 0.25) is 5.91 Å². The third-order valence-electron chi connectivity index (χ3n) is 5.44. The number of carbonyl (C=O) groups is 2. The molecular formula is C21H21N3O5. The van der Waals surface area contributed by atoms with Crippen molar-refractivity contribution in [1.29, 1.82) is 0 Å². The molecule has 1 unspecified atom stereocenters. The highest BCUT2D eigenvalue weighted by atomic mass is 16.6. The molecule has 150 valence electrons. The maximum absolute atomic E-state index is 12.6. The first-order valence-electron chi connectivity index (χ1n) is 9.59. The molecule has 4 rings (SSSR count). The minimum Gasteiger partial charge on any atom is -0.482 e. The normalized spacial score (nSPS) is 17.7. The van der Waals surface area contributed by atoms with Gasteiger partial charge >= 0.3 is 0 Å². The van der Waals surface area contributed by atoms with E-state index in [-0.39, 0.29) is 36.4 Å². The number of non-ortho nitro benzene ring substituents is 1. The lowest BCUT2D eigenvalue weighted by atomic mass is 9.83. The van der Waals surface area contributed by atoms with Gasteiger partial charge in [0.05, 0.1) is 10.6 Å². The standard InChI is InChI=1S/C21H21N3O5/c25-20(22-11-15-6-3-5-14-4-1-2-7-17(14)15)12-23-18-10-16(24(27)28)8-9-19(18)29-13-21(23)26/h1-2,4,7-10,15H,3,5-6,11-13H2,(H,22,25). The molecule has 0 radical (unpaired) electrons. The monoisotopic (exact) mass is 395 g/mol. The molecule has 2 aromatic rings. The summed E-state index contributed by atoms with van der Waals surface area (Å²) in [5, 5.41) is 14.0. The molecule has 8 heteroatoms. The Morgan fingerprint density at radius 3 is 2.93 bits per heavy atom. The molecule has 0 spiro atoms. The molecule has 8 nitrogen and oxygen atoms in total. The highest BCUT2D eigenvalue weighted by Gasteiger charge is 2.29. The zero-order valence-corrected chi connectivity index (χ0v) is 15.8. The second-order valence-corrected chi connectivity index (χ2v) is 7.27. The molecule has 2 aromatic carbocycles. The van der Waals surface area contributed by atoms with Gasteiger partial charge in [-0.25, -0.2) is 0 Å². The van der Waals surface area contributed by atoms with Crippen LogP contribution in [-0.2, 0) is 16.0 Å². The Hall–Kier alpha value is -3.42. The molecular weight excluding hydrogens is 374 g/mol. The number of hydrogen-bond donors (Lipinski definition) is 1. The number of nitro benzene ring substituents is 1. The first kappa shape index (κ1) is 18.9. The van der Waals surface area contributed by atoms with Gasteiger partial charge in [0, 0.05) is 24.6 Å². The molecule has 1 aliphatic carbocycles. The minimum absolute atomic E-state index is 0.161. The summed E-state index contributed by atoms with van der Waals surface area (Å²) in [6.45, 7) is 0.0923. The van der Waals surface area contributed by atoms with Gasteiger partial charge in [-0.2, -0.15) is 0 Å². The Labute approximate surface area is 167 Å². The molecule has 1 atom stereocenters. The predicted molar refractivity (Wildman–Crippen MR) is 106 cm³/mol. The van der Waals surface area contributed by atoms with Gasteiger partial charge in [-0.05, 0) is 36.5 Å². The van der Waals surface area contributed by atoms with Gasteiger partial charge in [0.15, 0.2) is 6.61 Å². The number of fused-ring (bicyclic) bond motifs is 2. The topological polar surface area (TPSA) is 102 Å². The minimum atomic E-state index is -0.544. The molecule has 0 aromatic heterocycles. The molecule has 2 amide bonds. The molecule has 1 N–H and O–H groups in total. The Balaban J connectivity index is 1.45. The first-order valence-corrected chi connectivity index (χ1v) is 9.59. The SMILES string of the molecule is O=C(CN1C(=O)COc2ccc([N+](=O)[O-])cc21)NCC1CCCc2ccccc21. The van der Waals surface area contributed by atoms with E-state index in [4.69, 9.17) is 4.74 Å². The fraction of sp³-hybridized carbons (Fsp3) is 0.333. The fourth-order valence-electron chi connectivity index (χ4n) is 3.98. The van der Waals surface area contributed by atoms with E-state index >= 15 is 0 Å². The van der Waals surface area contributed by atoms with Crippen LogP contribution in [0.15, 0.2) is 42.5 Å². The van der Waals surface area contributed by atoms with Gasteiger partial charge in [-0.3, -0.25) is 24.6 Å². The van der Waals surface area contributed by atoms with Crippen LogP contribution in [0.1, 0.15) is 29.9 Å². The lowest BCUT2D eigenvalue weighted by Gasteiger charge is -2.29. The molecule has 2 aliphatic rings. The van der Waals surface area contributed by atoms with Crippen LogP contribution >= 0.6 is 0 Å². The lowest BCUT2D eigenvalue weighted by molar-refractivity contribution is -0.384. The number of aryl methyl sites for hydroxylation is 1. The van der Waals surface area contributed by atoms with E-state index in [1.165, 1.54) is 34.2 Å². The summed E-state index contributed by atoms with van der Waals surface area (Å²) >= 11 is 0. The van der Waals surface area contributed by atoms with Gasteiger partial charge in [-0.1, -0.05) is 24.3 Å². The quantitative estimate of drug-likeness (QED) is 0.619. The van der Waals surface area contributed by atoms with Crippen molar-refractivity contribution in [3.8, 4) is 5.75 Å². The zero-order valence-electron chi connectivity index (χ0n) is 15.8. The van der Waals surface area contributed by atoms with Crippen molar-refractivity contribution in [3.63, 3.8) is 0 Å². The zero-order chi connectivity index (χ0) is 20.4. The summed E-state index contributed by atoms with van der Waals surface area (Å²) in [5.41, 5.74) is 2.67. The van der Waals surface area contributed by atoms with Crippen LogP contribution < -0.4 is 15.0 Å². The van der Waals surface area contributed by atoms with Gasteiger partial charge in [0.25, 0.3) is 11.6 Å². The summed E-state index contributed by atoms with van der Waals surface area (Å²) < 4.78 is 5.33. The molecule has 0 bridgehead atoms. The maximum atomic E-state index is 12.6. The Morgan fingerprint density at radius 2 is 2.10 bits per heavy atom. The number of anilines is 1. The summed E-state index contributed by atoms with van der Waals surface area (Å²) in [6.07, 6.45) is 3.14. The number of nitro groups is 1. The number of nitrogens with one attached hydrogen (secondary N) is 1. The number of hydrogen-bond acceptors (Lipinski definition) is 5. The van der Waals surface area contributed by atoms with E-state index in [9.17, 15) is 19.7 Å². The van der Waals surface area contributed by atoms with Crippen LogP contribution in [0.25, 0.3) is 0 Å². The van der Waals surface area contributed by atoms with Crippen molar-refractivity contribution < 1.29 is 19.2 Å². The highest BCUT2D eigenvalue weighted by molar-refractivity contribution is 6.02. The van der Waals surface area contributed by atoms with Crippen molar-refractivity contribution in [2.24, 2.45) is 0 Å². The lowest BCUT2D eigenvalue weighted by Crippen LogP contribution is -2.45. The maximum Gasteiger partial charge on any atom is 0.271 e. The number of nitrogens with zero attached hydrogens (tertiary/aromatic N) is 2. The van der Waals surface area contributed by atoms with Gasteiger partial charge in [0.1, 0.15) is 12.3 Å². The molecule has 29 heavy (non-hydrogen) atoms. The summed E-state index contributed by atoms with van der Waals surface area (Å²) in [4.78, 5) is 36.6. The van der Waals surface area contributed by atoms with Crippen molar-refractivity contribution in [1.82, 2.24) is 5.32 Å². The number of rotatable bonds is 5. The Kier molecular flexibility index (Phi) is 5.16. The fourth-order valence-corrected chi connectivity index (χ4v) is 3.98. The second kappa shape index (κ2) is 7.90. The molecule has 0 saturated heterocycles. The van der Waals surface area contributed by atoms with E-state index < -0.39 is 10.8 Å². The summed E-state index contributed by atoms with van der Waals surface area (Å²) in [7, 11) is 0. The summed E-state index contributed by atoms with van der Waals surface area (Å²) in [6, 6.07) is 12.3. The summed E-state index contributed by atoms with van der Waals surface area (Å²) in [5.74, 6) is -0.112. The van der Waals surface area contributed by atoms with Crippen molar-refractivity contribution in [2.45, 2.75) is 25.2 Å². The van der Waals surface area contributed by atoms with E-state index in [0.29, 0.717) is 12.3 Å². The van der Waals surface area contributed by atoms with E-state index in [1.54, 1.807) is 0 Å². The van der Waals surface area contributed by atoms with Crippen LogP contribution in [0.2, 0.25) is 0 Å². The average Bonchev–Trinajstić information content (AvgIpc) is 2.73. The third-order valence-corrected chi connectivity index (χ3v) is 5.44. The molecule has 0 fully saturated rings. The van der Waals surface area contributed by atoms with Gasteiger partial charge < -0.3 is 10.1 Å². The predicted octanol–water partition coefficient (Wildman–Crippen LogP) is 2.56. The number of ether oxygens (including phenoxy) is 1. The average molecular weight is 395 g/mol. The van der Waals surface area contributed by atoms with E-state index in [0.717, 1.165) is 19.3 Å². The molecule has 1 heterocycles. The van der Waals surface area contributed by atoms with Crippen LogP contribution in [-0.4, -0.2) is 36.4 Å². The Morgan fingerprint density at radius 1 is 1.28 bits per heavy atom. The molecule has 1 aliphatic heterocycles. The number of carbonyl (C=O) groups excluding carboxylic acids is 2. The van der Waals surface area contributed by atoms with Crippen LogP contribution in [0.3, 0.4) is 0 Å². The largest absolute Gasteiger partial charge is 0.482 e. The number of benzene rings is 2. The van der Waals surface area contributed by atoms with Crippen molar-refractivity contribution >= 4 is 23.2 Å². The molecule has 0 saturated carbocycles. The van der Waals surface area contributed by atoms with Crippen LogP contribution in [0, 0.1) is 10.1 Å². The first-order chi connectivity index (χ1) is 14.0. The van der Waals surface area contributed by atoms with Crippen LogP contribution in [0.4, 0.5) is 11.4 Å². The third kappa shape index (κ3) is 3.91. The van der Waals surface area contributed by atoms with Gasteiger partial charge in [-0.15, -0.1) is 0 Å². The van der Waals surface area contributed by atoms with E-state index in [1.807, 2.05) is 12.1 Å².